The van der Waals surface area contributed by atoms with Gasteiger partial charge < -0.3 is 10.1 Å². The lowest BCUT2D eigenvalue weighted by Crippen LogP contribution is -2.14. The van der Waals surface area contributed by atoms with Crippen LogP contribution in [0.25, 0.3) is 11.3 Å². The van der Waals surface area contributed by atoms with Gasteiger partial charge in [0.15, 0.2) is 5.13 Å². The van der Waals surface area contributed by atoms with Crippen LogP contribution in [0, 0.1) is 0 Å². The zero-order valence-electron chi connectivity index (χ0n) is 14.3. The molecule has 5 nitrogen and oxygen atoms in total. The molecule has 0 unspecified atom stereocenters. The number of carbonyl (C=O) groups is 1. The average molecular weight is 374 g/mol. The number of hydrogen-bond donors (Lipinski definition) is 1. The van der Waals surface area contributed by atoms with E-state index < -0.39 is 0 Å². The Morgan fingerprint density at radius 1 is 1.16 bits per heavy atom. The number of aromatic nitrogens is 2. The van der Waals surface area contributed by atoms with Gasteiger partial charge in [-0.2, -0.15) is 0 Å². The van der Waals surface area contributed by atoms with Crippen molar-refractivity contribution in [1.82, 2.24) is 9.97 Å². The fraction of sp³-hybridized carbons (Fsp3) is 0.278. The van der Waals surface area contributed by atoms with Crippen LogP contribution in [0.15, 0.2) is 35.0 Å². The molecule has 7 heteroatoms. The van der Waals surface area contributed by atoms with Gasteiger partial charge in [-0.15, -0.1) is 22.7 Å². The SMILES string of the molecule is COc1ccc(-c2csc(NC(=O)Cc3csc(C(C)C)n3)n2)cc1. The molecular weight excluding hydrogens is 354 g/mol. The van der Waals surface area contributed by atoms with E-state index in [1.165, 1.54) is 11.3 Å². The smallest absolute Gasteiger partial charge is 0.232 e. The van der Waals surface area contributed by atoms with Crippen LogP contribution in [-0.2, 0) is 11.2 Å². The van der Waals surface area contributed by atoms with Crippen LogP contribution in [0.3, 0.4) is 0 Å². The molecule has 0 fully saturated rings. The predicted molar refractivity (Wildman–Crippen MR) is 103 cm³/mol. The molecular formula is C18H19N3O2S2. The Kier molecular flexibility index (Phi) is 5.45. The van der Waals surface area contributed by atoms with Gasteiger partial charge in [0.05, 0.1) is 29.9 Å². The number of anilines is 1. The van der Waals surface area contributed by atoms with Crippen molar-refractivity contribution < 1.29 is 9.53 Å². The number of hydrogen-bond acceptors (Lipinski definition) is 6. The van der Waals surface area contributed by atoms with E-state index in [0.29, 0.717) is 11.0 Å². The molecule has 130 valence electrons. The molecule has 0 aliphatic heterocycles. The molecule has 3 rings (SSSR count). The van der Waals surface area contributed by atoms with Gasteiger partial charge in [-0.3, -0.25) is 4.79 Å². The number of thiazole rings is 2. The lowest BCUT2D eigenvalue weighted by Gasteiger charge is -2.01. The molecule has 25 heavy (non-hydrogen) atoms. The van der Waals surface area contributed by atoms with E-state index in [0.717, 1.165) is 27.7 Å². The Morgan fingerprint density at radius 2 is 1.92 bits per heavy atom. The summed E-state index contributed by atoms with van der Waals surface area (Å²) in [6.45, 7) is 4.19. The molecule has 3 aromatic rings. The lowest BCUT2D eigenvalue weighted by atomic mass is 10.2. The third-order valence-electron chi connectivity index (χ3n) is 3.54. The van der Waals surface area contributed by atoms with Crippen LogP contribution < -0.4 is 10.1 Å². The van der Waals surface area contributed by atoms with Crippen LogP contribution >= 0.6 is 22.7 Å². The van der Waals surface area contributed by atoms with Gasteiger partial charge in [-0.25, -0.2) is 9.97 Å². The van der Waals surface area contributed by atoms with E-state index in [4.69, 9.17) is 4.74 Å². The van der Waals surface area contributed by atoms with Crippen molar-refractivity contribution in [1.29, 1.82) is 0 Å². The summed E-state index contributed by atoms with van der Waals surface area (Å²) < 4.78 is 5.16. The van der Waals surface area contributed by atoms with Crippen molar-refractivity contribution in [2.45, 2.75) is 26.2 Å². The second-order valence-corrected chi connectivity index (χ2v) is 7.57. The largest absolute Gasteiger partial charge is 0.497 e. The summed E-state index contributed by atoms with van der Waals surface area (Å²) in [5.41, 5.74) is 2.62. The Bertz CT molecular complexity index is 853. The minimum absolute atomic E-state index is 0.101. The molecule has 2 heterocycles. The predicted octanol–water partition coefficient (Wildman–Crippen LogP) is 4.58. The minimum atomic E-state index is -0.101. The van der Waals surface area contributed by atoms with Crippen LogP contribution in [0.4, 0.5) is 5.13 Å². The summed E-state index contributed by atoms with van der Waals surface area (Å²) in [7, 11) is 1.64. The summed E-state index contributed by atoms with van der Waals surface area (Å²) >= 11 is 3.01. The summed E-state index contributed by atoms with van der Waals surface area (Å²) in [5.74, 6) is 1.08. The highest BCUT2D eigenvalue weighted by atomic mass is 32.1. The standard InChI is InChI=1S/C18H19N3O2S2/c1-11(2)17-19-13(9-24-17)8-16(22)21-18-20-15(10-25-18)12-4-6-14(23-3)7-5-12/h4-7,9-11H,8H2,1-3H3,(H,20,21,22). The van der Waals surface area contributed by atoms with E-state index in [9.17, 15) is 4.79 Å². The highest BCUT2D eigenvalue weighted by Gasteiger charge is 2.12. The highest BCUT2D eigenvalue weighted by Crippen LogP contribution is 2.26. The molecule has 0 bridgehead atoms. The second-order valence-electron chi connectivity index (χ2n) is 5.82. The van der Waals surface area contributed by atoms with Gasteiger partial charge in [-0.05, 0) is 24.3 Å². The number of ether oxygens (including phenoxy) is 1. The van der Waals surface area contributed by atoms with E-state index >= 15 is 0 Å². The first-order valence-electron chi connectivity index (χ1n) is 7.89. The van der Waals surface area contributed by atoms with Crippen molar-refractivity contribution in [2.75, 3.05) is 12.4 Å². The molecule has 0 saturated carbocycles. The number of benzene rings is 1. The number of rotatable bonds is 6. The molecule has 0 aliphatic carbocycles. The quantitative estimate of drug-likeness (QED) is 0.687. The van der Waals surface area contributed by atoms with Gasteiger partial charge in [0.1, 0.15) is 5.75 Å². The van der Waals surface area contributed by atoms with Crippen molar-refractivity contribution >= 4 is 33.7 Å². The maximum atomic E-state index is 12.2. The van der Waals surface area contributed by atoms with E-state index in [2.05, 4.69) is 29.1 Å². The van der Waals surface area contributed by atoms with Gasteiger partial charge in [-0.1, -0.05) is 13.8 Å². The van der Waals surface area contributed by atoms with Crippen molar-refractivity contribution in [2.24, 2.45) is 0 Å². The van der Waals surface area contributed by atoms with Crippen molar-refractivity contribution in [3.8, 4) is 17.0 Å². The van der Waals surface area contributed by atoms with E-state index in [1.54, 1.807) is 18.4 Å². The van der Waals surface area contributed by atoms with E-state index in [1.807, 2.05) is 35.0 Å². The molecule has 1 amide bonds. The topological polar surface area (TPSA) is 64.1 Å². The van der Waals surface area contributed by atoms with Gasteiger partial charge in [0, 0.05) is 22.2 Å². The Morgan fingerprint density at radius 3 is 2.56 bits per heavy atom. The van der Waals surface area contributed by atoms with Gasteiger partial charge in [0.2, 0.25) is 5.91 Å². The average Bonchev–Trinajstić information content (AvgIpc) is 3.24. The molecule has 1 N–H and O–H groups in total. The highest BCUT2D eigenvalue weighted by molar-refractivity contribution is 7.14. The molecule has 2 aromatic heterocycles. The number of amides is 1. The van der Waals surface area contributed by atoms with E-state index in [-0.39, 0.29) is 12.3 Å². The molecule has 0 atom stereocenters. The lowest BCUT2D eigenvalue weighted by molar-refractivity contribution is -0.115. The maximum absolute atomic E-state index is 12.2. The van der Waals surface area contributed by atoms with Crippen LogP contribution in [0.1, 0.15) is 30.5 Å². The monoisotopic (exact) mass is 373 g/mol. The normalized spacial score (nSPS) is 10.9. The number of carbonyl (C=O) groups excluding carboxylic acids is 1. The van der Waals surface area contributed by atoms with Crippen LogP contribution in [0.5, 0.6) is 5.75 Å². The van der Waals surface area contributed by atoms with Gasteiger partial charge in [0.25, 0.3) is 0 Å². The first-order chi connectivity index (χ1) is 12.0. The zero-order valence-corrected chi connectivity index (χ0v) is 15.9. The summed E-state index contributed by atoms with van der Waals surface area (Å²) in [5, 5.41) is 8.37. The number of nitrogens with zero attached hydrogens (tertiary/aromatic N) is 2. The first-order valence-corrected chi connectivity index (χ1v) is 9.65. The van der Waals surface area contributed by atoms with Crippen molar-refractivity contribution in [3.05, 3.63) is 45.7 Å². The van der Waals surface area contributed by atoms with Gasteiger partial charge >= 0.3 is 0 Å². The zero-order chi connectivity index (χ0) is 17.8. The van der Waals surface area contributed by atoms with Crippen LogP contribution in [0.2, 0.25) is 0 Å². The number of nitrogens with one attached hydrogen (secondary N) is 1. The molecule has 0 saturated heterocycles. The Balaban J connectivity index is 1.62. The van der Waals surface area contributed by atoms with Crippen LogP contribution in [-0.4, -0.2) is 23.0 Å². The molecule has 1 aromatic carbocycles. The van der Waals surface area contributed by atoms with Crippen molar-refractivity contribution in [3.63, 3.8) is 0 Å². The third-order valence-corrected chi connectivity index (χ3v) is 5.49. The molecule has 0 radical (unpaired) electrons. The minimum Gasteiger partial charge on any atom is -0.497 e. The first kappa shape index (κ1) is 17.6. The molecule has 0 aliphatic rings. The number of methoxy groups -OCH3 is 1. The summed E-state index contributed by atoms with van der Waals surface area (Å²) in [6, 6.07) is 7.67. The summed E-state index contributed by atoms with van der Waals surface area (Å²) in [6.07, 6.45) is 0.265. The Hall–Kier alpha value is -2.25. The third kappa shape index (κ3) is 4.43. The molecule has 0 spiro atoms. The maximum Gasteiger partial charge on any atom is 0.232 e. The Labute approximate surface area is 154 Å². The fourth-order valence-electron chi connectivity index (χ4n) is 2.22. The second kappa shape index (κ2) is 7.76. The summed E-state index contributed by atoms with van der Waals surface area (Å²) in [4.78, 5) is 21.2. The fourth-order valence-corrected chi connectivity index (χ4v) is 3.79.